The van der Waals surface area contributed by atoms with Crippen LogP contribution < -0.4 is 4.90 Å². The third kappa shape index (κ3) is 2.55. The van der Waals surface area contributed by atoms with Crippen molar-refractivity contribution >= 4 is 5.69 Å². The lowest BCUT2D eigenvalue weighted by molar-refractivity contribution is 0.753. The maximum atomic E-state index is 2.49. The van der Waals surface area contributed by atoms with Crippen molar-refractivity contribution in [1.29, 1.82) is 0 Å². The predicted octanol–water partition coefficient (Wildman–Crippen LogP) is 6.90. The van der Waals surface area contributed by atoms with Gasteiger partial charge in [-0.2, -0.15) is 0 Å². The Balaban J connectivity index is 1.98. The van der Waals surface area contributed by atoms with E-state index in [0.29, 0.717) is 0 Å². The van der Waals surface area contributed by atoms with Crippen molar-refractivity contribution in [3.63, 3.8) is 0 Å². The Hall–Kier alpha value is -3.32. The summed E-state index contributed by atoms with van der Waals surface area (Å²) in [6, 6.07) is 37.8. The molecule has 0 amide bonds. The van der Waals surface area contributed by atoms with E-state index in [0.717, 1.165) is 13.1 Å². The van der Waals surface area contributed by atoms with Crippen molar-refractivity contribution in [3.05, 3.63) is 125 Å². The minimum absolute atomic E-state index is 0.326. The Morgan fingerprint density at radius 1 is 0.567 bits per heavy atom. The molecule has 0 heterocycles. The number of rotatable bonds is 5. The van der Waals surface area contributed by atoms with Gasteiger partial charge in [0.25, 0.3) is 0 Å². The highest BCUT2D eigenvalue weighted by molar-refractivity contribution is 5.91. The zero-order valence-electron chi connectivity index (χ0n) is 17.7. The molecule has 1 aliphatic rings. The van der Waals surface area contributed by atoms with Gasteiger partial charge in [0, 0.05) is 24.3 Å². The van der Waals surface area contributed by atoms with Crippen LogP contribution in [0.25, 0.3) is 11.1 Å². The van der Waals surface area contributed by atoms with E-state index in [1.165, 1.54) is 39.1 Å². The van der Waals surface area contributed by atoms with Crippen LogP contribution >= 0.6 is 0 Å². The summed E-state index contributed by atoms with van der Waals surface area (Å²) in [5, 5.41) is 0. The first-order valence-electron chi connectivity index (χ1n) is 10.9. The Morgan fingerprint density at radius 3 is 1.70 bits per heavy atom. The van der Waals surface area contributed by atoms with Gasteiger partial charge in [-0.15, -0.1) is 0 Å². The Labute approximate surface area is 179 Å². The average Bonchev–Trinajstić information content (AvgIpc) is 3.13. The van der Waals surface area contributed by atoms with E-state index >= 15 is 0 Å². The van der Waals surface area contributed by atoms with E-state index in [9.17, 15) is 0 Å². The molecule has 30 heavy (non-hydrogen) atoms. The van der Waals surface area contributed by atoms with Crippen LogP contribution in [0.15, 0.2) is 103 Å². The molecule has 5 rings (SSSR count). The molecule has 0 saturated heterocycles. The van der Waals surface area contributed by atoms with Gasteiger partial charge in [-0.1, -0.05) is 97.1 Å². The summed E-state index contributed by atoms with van der Waals surface area (Å²) in [5.74, 6) is 0. The molecule has 0 saturated carbocycles. The molecule has 1 heteroatoms. The van der Waals surface area contributed by atoms with Crippen LogP contribution in [0, 0.1) is 0 Å². The lowest BCUT2D eigenvalue weighted by Gasteiger charge is -2.37. The predicted molar refractivity (Wildman–Crippen MR) is 127 cm³/mol. The van der Waals surface area contributed by atoms with E-state index in [2.05, 4.69) is 122 Å². The van der Waals surface area contributed by atoms with Crippen molar-refractivity contribution in [3.8, 4) is 11.1 Å². The summed E-state index contributed by atoms with van der Waals surface area (Å²) in [6.45, 7) is 6.47. The molecular formula is C29H27N. The van der Waals surface area contributed by atoms with Crippen LogP contribution in [0.4, 0.5) is 5.69 Å². The average molecular weight is 390 g/mol. The van der Waals surface area contributed by atoms with E-state index in [-0.39, 0.29) is 5.41 Å². The molecular weight excluding hydrogens is 362 g/mol. The second kappa shape index (κ2) is 7.50. The number of nitrogens with zero attached hydrogens (tertiary/aromatic N) is 1. The second-order valence-electron chi connectivity index (χ2n) is 7.90. The Kier molecular flexibility index (Phi) is 4.67. The molecule has 0 N–H and O–H groups in total. The minimum atomic E-state index is -0.326. The van der Waals surface area contributed by atoms with Gasteiger partial charge in [0.05, 0.1) is 5.41 Å². The molecule has 0 aliphatic heterocycles. The molecule has 4 aromatic rings. The standard InChI is InChI=1S/C29H27N/c1-3-30(4-2)27-21-13-19-25-24-18-11-12-20-26(24)29(28(25)27,22-14-7-5-8-15-22)23-16-9-6-10-17-23/h5-21H,3-4H2,1-2H3. The summed E-state index contributed by atoms with van der Waals surface area (Å²) in [5.41, 5.74) is 9.12. The highest BCUT2D eigenvalue weighted by Crippen LogP contribution is 2.58. The van der Waals surface area contributed by atoms with Gasteiger partial charge < -0.3 is 4.90 Å². The zero-order valence-corrected chi connectivity index (χ0v) is 17.7. The van der Waals surface area contributed by atoms with Gasteiger partial charge in [-0.05, 0) is 47.7 Å². The van der Waals surface area contributed by atoms with Gasteiger partial charge in [-0.25, -0.2) is 0 Å². The monoisotopic (exact) mass is 389 g/mol. The fourth-order valence-corrected chi connectivity index (χ4v) is 5.31. The zero-order chi connectivity index (χ0) is 20.6. The maximum absolute atomic E-state index is 2.49. The molecule has 0 bridgehead atoms. The maximum Gasteiger partial charge on any atom is 0.0733 e. The number of benzene rings is 4. The van der Waals surface area contributed by atoms with Crippen molar-refractivity contribution < 1.29 is 0 Å². The van der Waals surface area contributed by atoms with E-state index in [1.54, 1.807) is 0 Å². The fourth-order valence-electron chi connectivity index (χ4n) is 5.31. The normalized spacial score (nSPS) is 13.5. The first kappa shape index (κ1) is 18.7. The lowest BCUT2D eigenvalue weighted by Crippen LogP contribution is -2.32. The topological polar surface area (TPSA) is 3.24 Å². The summed E-state index contributed by atoms with van der Waals surface area (Å²) in [7, 11) is 0. The summed E-state index contributed by atoms with van der Waals surface area (Å²) >= 11 is 0. The first-order chi connectivity index (χ1) is 14.8. The van der Waals surface area contributed by atoms with Crippen LogP contribution in [-0.2, 0) is 5.41 Å². The minimum Gasteiger partial charge on any atom is -0.372 e. The third-order valence-electron chi connectivity index (χ3n) is 6.56. The number of anilines is 1. The number of hydrogen-bond acceptors (Lipinski definition) is 1. The largest absolute Gasteiger partial charge is 0.372 e. The first-order valence-corrected chi connectivity index (χ1v) is 10.9. The fraction of sp³-hybridized carbons (Fsp3) is 0.172. The molecule has 0 radical (unpaired) electrons. The van der Waals surface area contributed by atoms with Gasteiger partial charge in [0.15, 0.2) is 0 Å². The van der Waals surface area contributed by atoms with Crippen LogP contribution in [0.3, 0.4) is 0 Å². The van der Waals surface area contributed by atoms with Crippen molar-refractivity contribution in [2.45, 2.75) is 19.3 Å². The molecule has 1 aliphatic carbocycles. The van der Waals surface area contributed by atoms with Crippen LogP contribution in [-0.4, -0.2) is 13.1 Å². The van der Waals surface area contributed by atoms with E-state index in [1.807, 2.05) is 0 Å². The van der Waals surface area contributed by atoms with E-state index in [4.69, 9.17) is 0 Å². The SMILES string of the molecule is CCN(CC)c1cccc2c1C(c1ccccc1)(c1ccccc1)c1ccccc1-2. The van der Waals surface area contributed by atoms with Crippen molar-refractivity contribution in [2.24, 2.45) is 0 Å². The quantitative estimate of drug-likeness (QED) is 0.316. The summed E-state index contributed by atoms with van der Waals surface area (Å²) in [6.07, 6.45) is 0. The van der Waals surface area contributed by atoms with Gasteiger partial charge >= 0.3 is 0 Å². The number of hydrogen-bond donors (Lipinski definition) is 0. The van der Waals surface area contributed by atoms with Crippen LogP contribution in [0.5, 0.6) is 0 Å². The molecule has 148 valence electrons. The highest BCUT2D eigenvalue weighted by atomic mass is 15.1. The van der Waals surface area contributed by atoms with E-state index < -0.39 is 0 Å². The van der Waals surface area contributed by atoms with Crippen LogP contribution in [0.2, 0.25) is 0 Å². The molecule has 1 nitrogen and oxygen atoms in total. The van der Waals surface area contributed by atoms with Gasteiger partial charge in [0.2, 0.25) is 0 Å². The smallest absolute Gasteiger partial charge is 0.0733 e. The molecule has 0 fully saturated rings. The molecule has 4 aromatic carbocycles. The Morgan fingerprint density at radius 2 is 1.10 bits per heavy atom. The number of fused-ring (bicyclic) bond motifs is 3. The molecule has 0 spiro atoms. The van der Waals surface area contributed by atoms with Crippen molar-refractivity contribution in [2.75, 3.05) is 18.0 Å². The molecule has 0 aromatic heterocycles. The summed E-state index contributed by atoms with van der Waals surface area (Å²) in [4.78, 5) is 2.49. The highest BCUT2D eigenvalue weighted by Gasteiger charge is 2.47. The summed E-state index contributed by atoms with van der Waals surface area (Å²) < 4.78 is 0. The lowest BCUT2D eigenvalue weighted by atomic mass is 9.67. The third-order valence-corrected chi connectivity index (χ3v) is 6.56. The van der Waals surface area contributed by atoms with Crippen molar-refractivity contribution in [1.82, 2.24) is 0 Å². The Bertz CT molecular complexity index is 1120. The molecule has 0 atom stereocenters. The molecule has 0 unspecified atom stereocenters. The van der Waals surface area contributed by atoms with Gasteiger partial charge in [0.1, 0.15) is 0 Å². The van der Waals surface area contributed by atoms with Gasteiger partial charge in [-0.3, -0.25) is 0 Å². The second-order valence-corrected chi connectivity index (χ2v) is 7.90. The van der Waals surface area contributed by atoms with Crippen LogP contribution in [0.1, 0.15) is 36.1 Å².